The molecule has 0 saturated heterocycles. The maximum atomic E-state index is 13.5. The summed E-state index contributed by atoms with van der Waals surface area (Å²) in [7, 11) is 0. The van der Waals surface area contributed by atoms with Crippen LogP contribution in [0.25, 0.3) is 34.4 Å². The number of nitrogens with zero attached hydrogens (tertiary/aromatic N) is 10. The van der Waals surface area contributed by atoms with Gasteiger partial charge in [-0.05, 0) is 85.6 Å². The zero-order chi connectivity index (χ0) is 43.4. The van der Waals surface area contributed by atoms with E-state index in [9.17, 15) is 13.6 Å². The molecule has 0 saturated carbocycles. The Kier molecular flexibility index (Phi) is 13.1. The number of carbonyl (C=O) groups is 1. The van der Waals surface area contributed by atoms with Crippen molar-refractivity contribution in [3.63, 3.8) is 0 Å². The van der Waals surface area contributed by atoms with Crippen LogP contribution in [-0.4, -0.2) is 57.5 Å². The summed E-state index contributed by atoms with van der Waals surface area (Å²) >= 11 is 0. The molecule has 0 amide bonds. The van der Waals surface area contributed by atoms with Crippen LogP contribution < -0.4 is 22.1 Å². The van der Waals surface area contributed by atoms with E-state index in [1.54, 1.807) is 70.3 Å². The second kappa shape index (κ2) is 19.5. The molecule has 0 bridgehead atoms. The minimum Gasteiger partial charge on any atom is -0.369 e. The Hall–Kier alpha value is -8.47. The molecular formula is C45H40F2N14O. The molecule has 6 N–H and O–H groups in total. The Morgan fingerprint density at radius 2 is 1.05 bits per heavy atom. The summed E-state index contributed by atoms with van der Waals surface area (Å²) < 4.78 is 30.2. The van der Waals surface area contributed by atoms with Gasteiger partial charge >= 0.3 is 0 Å². The normalized spacial score (nSPS) is 11.9. The van der Waals surface area contributed by atoms with E-state index < -0.39 is 0 Å². The average molecular weight is 831 g/mol. The molecule has 0 radical (unpaired) electrons. The summed E-state index contributed by atoms with van der Waals surface area (Å²) in [4.78, 5) is 38.1. The van der Waals surface area contributed by atoms with Crippen LogP contribution >= 0.6 is 0 Å². The van der Waals surface area contributed by atoms with Gasteiger partial charge < -0.3 is 22.1 Å². The highest BCUT2D eigenvalue weighted by molar-refractivity contribution is 5.81. The number of rotatable bonds is 13. The molecule has 0 spiro atoms. The molecule has 62 heavy (non-hydrogen) atoms. The molecule has 17 heteroatoms. The van der Waals surface area contributed by atoms with Gasteiger partial charge in [0.2, 0.25) is 17.9 Å². The van der Waals surface area contributed by atoms with Crippen molar-refractivity contribution in [1.82, 2.24) is 39.0 Å². The number of aldehydes is 1. The minimum atomic E-state index is -0.342. The molecule has 8 rings (SSSR count). The lowest BCUT2D eigenvalue weighted by Crippen LogP contribution is -2.21. The fraction of sp³-hybridized carbons (Fsp3) is 0.0889. The van der Waals surface area contributed by atoms with Crippen LogP contribution in [0.15, 0.2) is 156 Å². The van der Waals surface area contributed by atoms with Crippen molar-refractivity contribution in [2.75, 3.05) is 10.6 Å². The number of imidazole rings is 2. The van der Waals surface area contributed by atoms with Gasteiger partial charge in [-0.3, -0.25) is 13.9 Å². The minimum absolute atomic E-state index is 0.00286. The van der Waals surface area contributed by atoms with Gasteiger partial charge in [0.05, 0.1) is 18.3 Å². The molecule has 15 nitrogen and oxygen atoms in total. The Morgan fingerprint density at radius 3 is 1.48 bits per heavy atom. The van der Waals surface area contributed by atoms with Gasteiger partial charge in [-0.25, -0.2) is 28.7 Å². The Morgan fingerprint density at radius 1 is 0.613 bits per heavy atom. The summed E-state index contributed by atoms with van der Waals surface area (Å²) in [5.74, 6) is 2.21. The van der Waals surface area contributed by atoms with E-state index in [0.717, 1.165) is 11.1 Å². The Balaban J connectivity index is 0.000000188. The van der Waals surface area contributed by atoms with Crippen LogP contribution in [0.4, 0.5) is 20.7 Å². The van der Waals surface area contributed by atoms with E-state index in [4.69, 9.17) is 11.5 Å². The SMILES string of the molecule is C[C@H](Nc1nccc(-n2cc(/C=N/N=C(N)N)nc2-c2ccc(F)cc2)n1)c1ccccc1.C[C@H](Nc1nccc(-n2cc(C=O)nc2-c2ccc(F)cc2)n1)c1ccccc1. The molecule has 0 aliphatic rings. The zero-order valence-electron chi connectivity index (χ0n) is 33.5. The fourth-order valence-corrected chi connectivity index (χ4v) is 6.17. The number of aromatic nitrogens is 8. The fourth-order valence-electron chi connectivity index (χ4n) is 6.17. The first-order valence-corrected chi connectivity index (χ1v) is 19.2. The van der Waals surface area contributed by atoms with Crippen LogP contribution in [0.2, 0.25) is 0 Å². The molecule has 4 aromatic carbocycles. The largest absolute Gasteiger partial charge is 0.369 e. The summed E-state index contributed by atoms with van der Waals surface area (Å²) in [5.41, 5.74) is 15.0. The van der Waals surface area contributed by atoms with Gasteiger partial charge in [0.15, 0.2) is 6.29 Å². The topological polar surface area (TPSA) is 205 Å². The van der Waals surface area contributed by atoms with Crippen LogP contribution in [0.1, 0.15) is 53.2 Å². The zero-order valence-corrected chi connectivity index (χ0v) is 33.5. The van der Waals surface area contributed by atoms with Gasteiger partial charge in [0.25, 0.3) is 0 Å². The number of nitrogens with two attached hydrogens (primary N) is 2. The van der Waals surface area contributed by atoms with E-state index in [0.29, 0.717) is 58.3 Å². The third-order valence-corrected chi connectivity index (χ3v) is 9.20. The predicted octanol–water partition coefficient (Wildman–Crippen LogP) is 7.70. The summed E-state index contributed by atoms with van der Waals surface area (Å²) in [5, 5.41) is 14.0. The monoisotopic (exact) mass is 830 g/mol. The number of guanidine groups is 1. The second-order valence-electron chi connectivity index (χ2n) is 13.7. The molecule has 310 valence electrons. The van der Waals surface area contributed by atoms with E-state index >= 15 is 0 Å². The Labute approximate surface area is 355 Å². The third kappa shape index (κ3) is 10.6. The number of hydrogen-bond donors (Lipinski definition) is 4. The van der Waals surface area contributed by atoms with Crippen LogP contribution in [0.3, 0.4) is 0 Å². The predicted molar refractivity (Wildman–Crippen MR) is 235 cm³/mol. The lowest BCUT2D eigenvalue weighted by atomic mass is 10.1. The van der Waals surface area contributed by atoms with Crippen molar-refractivity contribution in [2.45, 2.75) is 25.9 Å². The highest BCUT2D eigenvalue weighted by Gasteiger charge is 2.16. The number of nitrogens with one attached hydrogen (secondary N) is 2. The second-order valence-corrected chi connectivity index (χ2v) is 13.7. The van der Waals surface area contributed by atoms with Gasteiger partial charge in [-0.1, -0.05) is 60.7 Å². The number of halogens is 2. The smallest absolute Gasteiger partial charge is 0.225 e. The van der Waals surface area contributed by atoms with Crippen molar-refractivity contribution in [2.24, 2.45) is 21.7 Å². The first-order chi connectivity index (χ1) is 30.1. The maximum absolute atomic E-state index is 13.5. The van der Waals surface area contributed by atoms with E-state index in [1.165, 1.54) is 30.5 Å². The van der Waals surface area contributed by atoms with Gasteiger partial charge in [-0.15, -0.1) is 5.10 Å². The van der Waals surface area contributed by atoms with Crippen molar-refractivity contribution in [3.8, 4) is 34.4 Å². The molecule has 0 aliphatic heterocycles. The lowest BCUT2D eigenvalue weighted by Gasteiger charge is -2.15. The number of anilines is 2. The maximum Gasteiger partial charge on any atom is 0.225 e. The number of carbonyl (C=O) groups excluding carboxylic acids is 1. The quantitative estimate of drug-likeness (QED) is 0.0383. The standard InChI is InChI=1S/C23H22FN9.C22H18FN5O/c1-15(16-5-3-2-4-6-16)29-23-27-12-11-20(31-23)33-14-19(13-28-32-22(25)26)30-21(33)17-7-9-18(24)10-8-17;1-15(16-5-3-2-4-6-16)25-22-24-12-11-20(27-22)28-13-19(14-29)26-21(28)17-7-9-18(23)10-8-17/h2-15H,1H3,(H4,25,26,32)(H,27,29,31);2-15H,1H3,(H,24,25,27)/b28-13+;/t2*15-/m00/s1. The molecule has 0 fully saturated rings. The molecule has 4 heterocycles. The van der Waals surface area contributed by atoms with Crippen molar-refractivity contribution >= 4 is 30.4 Å². The number of hydrogen-bond acceptors (Lipinski definition) is 11. The number of benzene rings is 4. The van der Waals surface area contributed by atoms with Crippen molar-refractivity contribution in [1.29, 1.82) is 0 Å². The molecular weight excluding hydrogens is 791 g/mol. The molecule has 8 aromatic rings. The first-order valence-electron chi connectivity index (χ1n) is 19.2. The lowest BCUT2D eigenvalue weighted by molar-refractivity contribution is 0.111. The van der Waals surface area contributed by atoms with Gasteiger partial charge in [-0.2, -0.15) is 15.1 Å². The highest BCUT2D eigenvalue weighted by atomic mass is 19.1. The van der Waals surface area contributed by atoms with Gasteiger partial charge in [0.1, 0.15) is 46.3 Å². The van der Waals surface area contributed by atoms with Crippen LogP contribution in [0, 0.1) is 11.6 Å². The Bertz CT molecular complexity index is 2790. The summed E-state index contributed by atoms with van der Waals surface area (Å²) in [6.45, 7) is 4.06. The van der Waals surface area contributed by atoms with E-state index in [2.05, 4.69) is 50.7 Å². The van der Waals surface area contributed by atoms with Crippen molar-refractivity contribution in [3.05, 3.63) is 180 Å². The van der Waals surface area contributed by atoms with Crippen molar-refractivity contribution < 1.29 is 13.6 Å². The van der Waals surface area contributed by atoms with E-state index in [1.807, 2.05) is 74.5 Å². The average Bonchev–Trinajstić information content (AvgIpc) is 3.93. The molecule has 0 aliphatic carbocycles. The van der Waals surface area contributed by atoms with E-state index in [-0.39, 0.29) is 35.4 Å². The van der Waals surface area contributed by atoms with Gasteiger partial charge in [0, 0.05) is 35.9 Å². The van der Waals surface area contributed by atoms with Crippen LogP contribution in [0.5, 0.6) is 0 Å². The first kappa shape index (κ1) is 41.7. The highest BCUT2D eigenvalue weighted by Crippen LogP contribution is 2.26. The summed E-state index contributed by atoms with van der Waals surface area (Å²) in [6, 6.07) is 35.4. The molecule has 4 aromatic heterocycles. The summed E-state index contributed by atoms with van der Waals surface area (Å²) in [6.07, 6.45) is 8.71. The van der Waals surface area contributed by atoms with Crippen LogP contribution in [-0.2, 0) is 0 Å². The molecule has 2 atom stereocenters. The molecule has 0 unspecified atom stereocenters. The third-order valence-electron chi connectivity index (χ3n) is 9.20.